The van der Waals surface area contributed by atoms with E-state index in [0.717, 1.165) is 25.9 Å². The molecule has 7 heteroatoms. The minimum atomic E-state index is -0.386. The van der Waals surface area contributed by atoms with Crippen LogP contribution < -0.4 is 20.5 Å². The topological polar surface area (TPSA) is 93.9 Å². The molecule has 1 heterocycles. The first-order chi connectivity index (χ1) is 11.9. The van der Waals surface area contributed by atoms with Crippen molar-refractivity contribution in [3.05, 3.63) is 17.7 Å². The SMILES string of the molecule is COc1cc(NC(=O)C(C)C(C)N)c(C(=O)N2CCCC2)cc1OC. The van der Waals surface area contributed by atoms with Gasteiger partial charge in [0.2, 0.25) is 5.91 Å². The highest BCUT2D eigenvalue weighted by Gasteiger charge is 2.26. The molecular weight excluding hydrogens is 322 g/mol. The van der Waals surface area contributed by atoms with Crippen LogP contribution in [0, 0.1) is 5.92 Å². The molecule has 0 bridgehead atoms. The summed E-state index contributed by atoms with van der Waals surface area (Å²) in [4.78, 5) is 27.1. The molecule has 0 radical (unpaired) electrons. The maximum absolute atomic E-state index is 12.9. The number of amides is 2. The van der Waals surface area contributed by atoms with Gasteiger partial charge in [0.05, 0.1) is 31.4 Å². The number of carbonyl (C=O) groups is 2. The first kappa shape index (κ1) is 19.1. The molecule has 0 saturated carbocycles. The maximum Gasteiger partial charge on any atom is 0.256 e. The number of nitrogens with two attached hydrogens (primary N) is 1. The Hall–Kier alpha value is -2.28. The largest absolute Gasteiger partial charge is 0.493 e. The monoisotopic (exact) mass is 349 g/mol. The van der Waals surface area contributed by atoms with Crippen LogP contribution in [0.15, 0.2) is 12.1 Å². The number of hydrogen-bond acceptors (Lipinski definition) is 5. The van der Waals surface area contributed by atoms with E-state index in [2.05, 4.69) is 5.32 Å². The van der Waals surface area contributed by atoms with E-state index in [1.165, 1.54) is 14.2 Å². The molecule has 0 aromatic heterocycles. The lowest BCUT2D eigenvalue weighted by molar-refractivity contribution is -0.119. The summed E-state index contributed by atoms with van der Waals surface area (Å²) in [6, 6.07) is 2.94. The predicted octanol–water partition coefficient (Wildman–Crippen LogP) is 1.86. The molecule has 0 aliphatic carbocycles. The first-order valence-electron chi connectivity index (χ1n) is 8.50. The van der Waals surface area contributed by atoms with Gasteiger partial charge in [0.15, 0.2) is 11.5 Å². The average Bonchev–Trinajstić information content (AvgIpc) is 3.14. The minimum absolute atomic E-state index is 0.123. The summed E-state index contributed by atoms with van der Waals surface area (Å²) in [5.74, 6) is 0.148. The van der Waals surface area contributed by atoms with Crippen LogP contribution in [0.25, 0.3) is 0 Å². The fraction of sp³-hybridized carbons (Fsp3) is 0.556. The number of benzene rings is 1. The summed E-state index contributed by atoms with van der Waals surface area (Å²) in [6.45, 7) is 4.96. The predicted molar refractivity (Wildman–Crippen MR) is 96.1 cm³/mol. The van der Waals surface area contributed by atoms with E-state index in [0.29, 0.717) is 22.7 Å². The Balaban J connectivity index is 2.40. The molecule has 1 fully saturated rings. The number of likely N-dealkylation sites (tertiary alicyclic amines) is 1. The Morgan fingerprint density at radius 3 is 2.20 bits per heavy atom. The fourth-order valence-corrected chi connectivity index (χ4v) is 2.74. The van der Waals surface area contributed by atoms with Gasteiger partial charge in [-0.25, -0.2) is 0 Å². The summed E-state index contributed by atoms with van der Waals surface area (Å²) in [7, 11) is 3.02. The van der Waals surface area contributed by atoms with E-state index in [1.807, 2.05) is 0 Å². The van der Waals surface area contributed by atoms with Gasteiger partial charge in [-0.3, -0.25) is 9.59 Å². The van der Waals surface area contributed by atoms with E-state index in [4.69, 9.17) is 15.2 Å². The quantitative estimate of drug-likeness (QED) is 0.817. The molecule has 2 rings (SSSR count). The molecule has 1 aromatic carbocycles. The standard InChI is InChI=1S/C18H27N3O4/c1-11(12(2)19)17(22)20-14-10-16(25-4)15(24-3)9-13(14)18(23)21-7-5-6-8-21/h9-12H,5-8,19H2,1-4H3,(H,20,22). The van der Waals surface area contributed by atoms with Crippen molar-refractivity contribution in [1.82, 2.24) is 4.90 Å². The highest BCUT2D eigenvalue weighted by Crippen LogP contribution is 2.34. The number of methoxy groups -OCH3 is 2. The van der Waals surface area contributed by atoms with Crippen LogP contribution in [-0.2, 0) is 4.79 Å². The Morgan fingerprint density at radius 1 is 1.12 bits per heavy atom. The molecule has 3 N–H and O–H groups in total. The fourth-order valence-electron chi connectivity index (χ4n) is 2.74. The van der Waals surface area contributed by atoms with Crippen molar-refractivity contribution in [3.8, 4) is 11.5 Å². The second-order valence-electron chi connectivity index (χ2n) is 6.39. The normalized spacial score (nSPS) is 16.3. The van der Waals surface area contributed by atoms with E-state index in [-0.39, 0.29) is 23.8 Å². The lowest BCUT2D eigenvalue weighted by atomic mass is 10.0. The summed E-state index contributed by atoms with van der Waals surface area (Å²) >= 11 is 0. The second-order valence-corrected chi connectivity index (χ2v) is 6.39. The third-order valence-corrected chi connectivity index (χ3v) is 4.61. The van der Waals surface area contributed by atoms with Crippen molar-refractivity contribution in [3.63, 3.8) is 0 Å². The zero-order valence-corrected chi connectivity index (χ0v) is 15.3. The van der Waals surface area contributed by atoms with Crippen LogP contribution in [-0.4, -0.2) is 50.1 Å². The number of anilines is 1. The van der Waals surface area contributed by atoms with Gasteiger partial charge in [-0.2, -0.15) is 0 Å². The van der Waals surface area contributed by atoms with E-state index >= 15 is 0 Å². The van der Waals surface area contributed by atoms with Gasteiger partial charge in [-0.05, 0) is 25.8 Å². The van der Waals surface area contributed by atoms with Gasteiger partial charge in [-0.1, -0.05) is 6.92 Å². The highest BCUT2D eigenvalue weighted by molar-refractivity contribution is 6.05. The van der Waals surface area contributed by atoms with Gasteiger partial charge in [0.1, 0.15) is 0 Å². The summed E-state index contributed by atoms with van der Waals surface area (Å²) < 4.78 is 10.6. The van der Waals surface area contributed by atoms with Crippen LogP contribution in [0.5, 0.6) is 11.5 Å². The van der Waals surface area contributed by atoms with Crippen LogP contribution >= 0.6 is 0 Å². The molecule has 2 atom stereocenters. The van der Waals surface area contributed by atoms with Crippen molar-refractivity contribution in [2.24, 2.45) is 11.7 Å². The summed E-state index contributed by atoms with van der Waals surface area (Å²) in [5, 5.41) is 2.82. The van der Waals surface area contributed by atoms with E-state index in [1.54, 1.807) is 30.9 Å². The lowest BCUT2D eigenvalue weighted by Crippen LogP contribution is -2.35. The molecule has 1 aliphatic heterocycles. The van der Waals surface area contributed by atoms with Crippen molar-refractivity contribution in [1.29, 1.82) is 0 Å². The Morgan fingerprint density at radius 2 is 1.68 bits per heavy atom. The Bertz CT molecular complexity index is 639. The molecule has 25 heavy (non-hydrogen) atoms. The average molecular weight is 349 g/mol. The zero-order valence-electron chi connectivity index (χ0n) is 15.3. The van der Waals surface area contributed by atoms with Gasteiger partial charge >= 0.3 is 0 Å². The Labute approximate surface area is 148 Å². The van der Waals surface area contributed by atoms with Gasteiger partial charge in [0.25, 0.3) is 5.91 Å². The number of carbonyl (C=O) groups excluding carboxylic acids is 2. The molecule has 1 aromatic rings. The van der Waals surface area contributed by atoms with Crippen molar-refractivity contribution in [2.45, 2.75) is 32.7 Å². The smallest absolute Gasteiger partial charge is 0.256 e. The maximum atomic E-state index is 12.9. The van der Waals surface area contributed by atoms with Crippen LogP contribution in [0.2, 0.25) is 0 Å². The summed E-state index contributed by atoms with van der Waals surface area (Å²) in [5.41, 5.74) is 6.61. The third-order valence-electron chi connectivity index (χ3n) is 4.61. The Kier molecular flexibility index (Phi) is 6.25. The van der Waals surface area contributed by atoms with Gasteiger partial charge in [0, 0.05) is 25.2 Å². The number of hydrogen-bond donors (Lipinski definition) is 2. The molecule has 0 spiro atoms. The van der Waals surface area contributed by atoms with E-state index in [9.17, 15) is 9.59 Å². The second kappa shape index (κ2) is 8.20. The number of nitrogens with one attached hydrogen (secondary N) is 1. The molecule has 2 unspecified atom stereocenters. The molecule has 1 aliphatic rings. The lowest BCUT2D eigenvalue weighted by Gasteiger charge is -2.21. The van der Waals surface area contributed by atoms with Crippen LogP contribution in [0.1, 0.15) is 37.0 Å². The summed E-state index contributed by atoms with van der Waals surface area (Å²) in [6.07, 6.45) is 1.98. The van der Waals surface area contributed by atoms with Crippen LogP contribution in [0.3, 0.4) is 0 Å². The number of nitrogens with zero attached hydrogens (tertiary/aromatic N) is 1. The van der Waals surface area contributed by atoms with Crippen molar-refractivity contribution < 1.29 is 19.1 Å². The molecule has 138 valence electrons. The van der Waals surface area contributed by atoms with E-state index < -0.39 is 0 Å². The molecule has 1 saturated heterocycles. The highest BCUT2D eigenvalue weighted by atomic mass is 16.5. The first-order valence-corrected chi connectivity index (χ1v) is 8.50. The number of ether oxygens (including phenoxy) is 2. The van der Waals surface area contributed by atoms with Crippen molar-refractivity contribution in [2.75, 3.05) is 32.6 Å². The molecule has 2 amide bonds. The van der Waals surface area contributed by atoms with Gasteiger partial charge in [-0.15, -0.1) is 0 Å². The third kappa shape index (κ3) is 4.22. The van der Waals surface area contributed by atoms with Crippen LogP contribution in [0.4, 0.5) is 5.69 Å². The molecule has 7 nitrogen and oxygen atoms in total. The number of rotatable bonds is 6. The zero-order chi connectivity index (χ0) is 18.6. The van der Waals surface area contributed by atoms with Gasteiger partial charge < -0.3 is 25.4 Å². The van der Waals surface area contributed by atoms with Crippen molar-refractivity contribution >= 4 is 17.5 Å². The molecular formula is C18H27N3O4. The minimum Gasteiger partial charge on any atom is -0.493 e.